The fourth-order valence-electron chi connectivity index (χ4n) is 4.47. The van der Waals surface area contributed by atoms with E-state index in [0.29, 0.717) is 23.9 Å². The van der Waals surface area contributed by atoms with Crippen LogP contribution in [-0.2, 0) is 4.79 Å². The van der Waals surface area contributed by atoms with Gasteiger partial charge in [0.15, 0.2) is 0 Å². The van der Waals surface area contributed by atoms with Gasteiger partial charge in [-0.05, 0) is 56.8 Å². The Bertz CT molecular complexity index is 322. The van der Waals surface area contributed by atoms with Crippen LogP contribution in [-0.4, -0.2) is 34.6 Å². The molecule has 3 heteroatoms. The Morgan fingerprint density at radius 3 is 2.11 bits per heavy atom. The van der Waals surface area contributed by atoms with Crippen LogP contribution in [0.5, 0.6) is 0 Å². The minimum absolute atomic E-state index is 0.318. The first kappa shape index (κ1) is 13.4. The molecule has 0 aliphatic heterocycles. The minimum atomic E-state index is -0.645. The Hall–Kier alpha value is -0.570. The highest BCUT2D eigenvalue weighted by molar-refractivity contribution is 5.66. The normalized spacial score (nSPS) is 27.2. The van der Waals surface area contributed by atoms with Crippen molar-refractivity contribution in [1.29, 1.82) is 0 Å². The summed E-state index contributed by atoms with van der Waals surface area (Å²) < 4.78 is 0. The summed E-state index contributed by atoms with van der Waals surface area (Å²) in [6.07, 6.45) is 14.1. The van der Waals surface area contributed by atoms with E-state index in [4.69, 9.17) is 5.11 Å². The molecule has 108 valence electrons. The zero-order valence-electron chi connectivity index (χ0n) is 11.9. The zero-order chi connectivity index (χ0) is 13.3. The molecule has 0 saturated heterocycles. The number of carbonyl (C=O) groups is 1. The van der Waals surface area contributed by atoms with Crippen molar-refractivity contribution in [3.63, 3.8) is 0 Å². The highest BCUT2D eigenvalue weighted by Crippen LogP contribution is 2.50. The predicted molar refractivity (Wildman–Crippen MR) is 75.1 cm³/mol. The van der Waals surface area contributed by atoms with Crippen LogP contribution in [0.15, 0.2) is 0 Å². The maximum atomic E-state index is 10.8. The average Bonchev–Trinajstić information content (AvgIpc) is 3.13. The summed E-state index contributed by atoms with van der Waals surface area (Å²) in [4.78, 5) is 13.3. The fourth-order valence-corrected chi connectivity index (χ4v) is 4.47. The molecule has 3 aliphatic carbocycles. The largest absolute Gasteiger partial charge is 0.481 e. The van der Waals surface area contributed by atoms with E-state index >= 15 is 0 Å². The summed E-state index contributed by atoms with van der Waals surface area (Å²) in [7, 11) is 0. The van der Waals surface area contributed by atoms with E-state index in [1.165, 1.54) is 64.2 Å². The van der Waals surface area contributed by atoms with Gasteiger partial charge >= 0.3 is 5.97 Å². The molecule has 0 amide bonds. The summed E-state index contributed by atoms with van der Waals surface area (Å²) in [6.45, 7) is 0.775. The second-order valence-corrected chi connectivity index (χ2v) is 7.05. The Morgan fingerprint density at radius 1 is 1.00 bits per heavy atom. The van der Waals surface area contributed by atoms with Crippen LogP contribution in [0.1, 0.15) is 70.6 Å². The van der Waals surface area contributed by atoms with E-state index in [-0.39, 0.29) is 0 Å². The molecule has 0 bridgehead atoms. The zero-order valence-corrected chi connectivity index (χ0v) is 11.9. The van der Waals surface area contributed by atoms with Crippen LogP contribution in [0.3, 0.4) is 0 Å². The lowest BCUT2D eigenvalue weighted by molar-refractivity contribution is -0.137. The summed E-state index contributed by atoms with van der Waals surface area (Å²) in [5.74, 6) is -0.645. The molecule has 0 heterocycles. The third-order valence-corrected chi connectivity index (χ3v) is 5.75. The van der Waals surface area contributed by atoms with E-state index < -0.39 is 5.97 Å². The third kappa shape index (κ3) is 3.13. The second-order valence-electron chi connectivity index (χ2n) is 7.05. The lowest BCUT2D eigenvalue weighted by atomic mass is 9.71. The Labute approximate surface area is 116 Å². The third-order valence-electron chi connectivity index (χ3n) is 5.75. The molecule has 19 heavy (non-hydrogen) atoms. The van der Waals surface area contributed by atoms with Gasteiger partial charge < -0.3 is 5.11 Å². The summed E-state index contributed by atoms with van der Waals surface area (Å²) in [5.41, 5.74) is 0.693. The lowest BCUT2D eigenvalue weighted by Crippen LogP contribution is -2.42. The molecule has 0 atom stereocenters. The van der Waals surface area contributed by atoms with E-state index in [0.717, 1.165) is 6.54 Å². The number of nitrogens with zero attached hydrogens (tertiary/aromatic N) is 1. The number of aliphatic carboxylic acids is 1. The van der Waals surface area contributed by atoms with Crippen LogP contribution in [0, 0.1) is 5.41 Å². The topological polar surface area (TPSA) is 40.5 Å². The van der Waals surface area contributed by atoms with E-state index in [1.54, 1.807) is 0 Å². The molecule has 3 rings (SSSR count). The number of carboxylic acid groups (broad SMARTS) is 1. The van der Waals surface area contributed by atoms with Gasteiger partial charge in [-0.15, -0.1) is 0 Å². The van der Waals surface area contributed by atoms with Gasteiger partial charge in [-0.25, -0.2) is 0 Å². The maximum Gasteiger partial charge on any atom is 0.304 e. The Kier molecular flexibility index (Phi) is 3.84. The highest BCUT2D eigenvalue weighted by atomic mass is 16.4. The predicted octanol–water partition coefficient (Wildman–Crippen LogP) is 3.43. The maximum absolute atomic E-state index is 10.8. The molecule has 0 aromatic heterocycles. The first-order valence-electron chi connectivity index (χ1n) is 8.16. The smallest absolute Gasteiger partial charge is 0.304 e. The van der Waals surface area contributed by atoms with Crippen LogP contribution in [0.2, 0.25) is 0 Å². The fraction of sp³-hybridized carbons (Fsp3) is 0.938. The molecule has 0 unspecified atom stereocenters. The quantitative estimate of drug-likeness (QED) is 0.828. The number of carboxylic acids is 1. The monoisotopic (exact) mass is 265 g/mol. The van der Waals surface area contributed by atoms with E-state index in [9.17, 15) is 4.79 Å². The van der Waals surface area contributed by atoms with E-state index in [2.05, 4.69) is 4.90 Å². The average molecular weight is 265 g/mol. The lowest BCUT2D eigenvalue weighted by Gasteiger charge is -2.42. The minimum Gasteiger partial charge on any atom is -0.481 e. The van der Waals surface area contributed by atoms with Gasteiger partial charge in [-0.3, -0.25) is 9.69 Å². The van der Waals surface area contributed by atoms with Gasteiger partial charge in [0.05, 0.1) is 6.42 Å². The second kappa shape index (κ2) is 5.43. The molecule has 3 nitrogen and oxygen atoms in total. The van der Waals surface area contributed by atoms with Crippen LogP contribution < -0.4 is 0 Å². The Balaban J connectivity index is 1.54. The molecule has 3 aliphatic rings. The summed E-state index contributed by atoms with van der Waals surface area (Å²) >= 11 is 0. The van der Waals surface area contributed by atoms with Crippen molar-refractivity contribution in [1.82, 2.24) is 4.90 Å². The van der Waals surface area contributed by atoms with Gasteiger partial charge in [0.1, 0.15) is 0 Å². The molecule has 3 fully saturated rings. The standard InChI is InChI=1S/C16H27NO2/c18-15(19)7-12-17(13-3-4-13)14-5-10-16(11-6-14)8-1-2-9-16/h13-14H,1-12H2,(H,18,19). The van der Waals surface area contributed by atoms with Crippen molar-refractivity contribution in [2.75, 3.05) is 6.54 Å². The summed E-state index contributed by atoms with van der Waals surface area (Å²) in [6, 6.07) is 1.39. The SMILES string of the molecule is O=C(O)CCN(C1CC1)C1CCC2(CCCC2)CC1. The van der Waals surface area contributed by atoms with Crippen LogP contribution in [0.25, 0.3) is 0 Å². The van der Waals surface area contributed by atoms with Crippen molar-refractivity contribution in [2.45, 2.75) is 82.7 Å². The molecule has 0 radical (unpaired) electrons. The van der Waals surface area contributed by atoms with E-state index in [1.807, 2.05) is 0 Å². The Morgan fingerprint density at radius 2 is 1.58 bits per heavy atom. The van der Waals surface area contributed by atoms with Crippen molar-refractivity contribution >= 4 is 5.97 Å². The first-order chi connectivity index (χ1) is 9.19. The molecular formula is C16H27NO2. The van der Waals surface area contributed by atoms with Crippen molar-refractivity contribution in [3.05, 3.63) is 0 Å². The molecular weight excluding hydrogens is 238 g/mol. The number of hydrogen-bond acceptors (Lipinski definition) is 2. The molecule has 1 spiro atoms. The van der Waals surface area contributed by atoms with Crippen LogP contribution >= 0.6 is 0 Å². The van der Waals surface area contributed by atoms with Gasteiger partial charge in [0, 0.05) is 18.6 Å². The first-order valence-corrected chi connectivity index (χ1v) is 8.16. The number of hydrogen-bond donors (Lipinski definition) is 1. The van der Waals surface area contributed by atoms with Gasteiger partial charge in [-0.2, -0.15) is 0 Å². The molecule has 0 aromatic rings. The number of rotatable bonds is 5. The van der Waals surface area contributed by atoms with Crippen molar-refractivity contribution in [2.24, 2.45) is 5.41 Å². The van der Waals surface area contributed by atoms with Crippen LogP contribution in [0.4, 0.5) is 0 Å². The van der Waals surface area contributed by atoms with Gasteiger partial charge in [0.2, 0.25) is 0 Å². The van der Waals surface area contributed by atoms with Gasteiger partial charge in [0.25, 0.3) is 0 Å². The van der Waals surface area contributed by atoms with Crippen molar-refractivity contribution < 1.29 is 9.90 Å². The molecule has 0 aromatic carbocycles. The summed E-state index contributed by atoms with van der Waals surface area (Å²) in [5, 5.41) is 8.90. The van der Waals surface area contributed by atoms with Crippen molar-refractivity contribution in [3.8, 4) is 0 Å². The highest BCUT2D eigenvalue weighted by Gasteiger charge is 2.41. The molecule has 1 N–H and O–H groups in total. The van der Waals surface area contributed by atoms with Gasteiger partial charge in [-0.1, -0.05) is 12.8 Å². The molecule has 3 saturated carbocycles.